The Kier molecular flexibility index (Phi) is 2.89. The highest BCUT2D eigenvalue weighted by Gasteiger charge is 2.13. The maximum atomic E-state index is 11.4. The first-order valence-electron chi connectivity index (χ1n) is 5.39. The van der Waals surface area contributed by atoms with E-state index in [0.29, 0.717) is 16.1 Å². The van der Waals surface area contributed by atoms with Crippen LogP contribution in [-0.4, -0.2) is 13.4 Å². The molecule has 96 valence electrons. The number of fused-ring (bicyclic) bond motifs is 3. The van der Waals surface area contributed by atoms with Gasteiger partial charge >= 0.3 is 0 Å². The summed E-state index contributed by atoms with van der Waals surface area (Å²) in [5.41, 5.74) is 0.632. The van der Waals surface area contributed by atoms with Crippen LogP contribution in [0.15, 0.2) is 47.4 Å². The molecule has 19 heavy (non-hydrogen) atoms. The molecule has 1 aromatic heterocycles. The van der Waals surface area contributed by atoms with Crippen LogP contribution >= 0.6 is 22.3 Å². The molecule has 3 aromatic rings. The van der Waals surface area contributed by atoms with E-state index in [0.717, 1.165) is 10.8 Å². The zero-order chi connectivity index (χ0) is 13.6. The average molecular weight is 312 g/mol. The van der Waals surface area contributed by atoms with Crippen molar-refractivity contribution in [2.45, 2.75) is 4.90 Å². The summed E-state index contributed by atoms with van der Waals surface area (Å²) in [6.45, 7) is 0. The second kappa shape index (κ2) is 4.34. The summed E-state index contributed by atoms with van der Waals surface area (Å²) in [5.74, 6) is 0. The fourth-order valence-corrected chi connectivity index (χ4v) is 3.08. The van der Waals surface area contributed by atoms with Crippen LogP contribution in [0.25, 0.3) is 21.7 Å². The number of aromatic nitrogens is 1. The Morgan fingerprint density at radius 1 is 0.947 bits per heavy atom. The van der Waals surface area contributed by atoms with Crippen molar-refractivity contribution in [1.82, 2.24) is 4.98 Å². The molecule has 2 aromatic carbocycles. The predicted octanol–water partition coefficient (Wildman–Crippen LogP) is 3.97. The van der Waals surface area contributed by atoms with Crippen LogP contribution in [0.4, 0.5) is 0 Å². The molecule has 0 atom stereocenters. The van der Waals surface area contributed by atoms with Crippen molar-refractivity contribution in [3.63, 3.8) is 0 Å². The first-order chi connectivity index (χ1) is 8.97. The number of rotatable bonds is 1. The van der Waals surface area contributed by atoms with Gasteiger partial charge in [-0.25, -0.2) is 13.4 Å². The summed E-state index contributed by atoms with van der Waals surface area (Å²) in [6, 6.07) is 12.0. The molecule has 0 saturated heterocycles. The Morgan fingerprint density at radius 2 is 1.63 bits per heavy atom. The van der Waals surface area contributed by atoms with Gasteiger partial charge in [0.15, 0.2) is 0 Å². The van der Waals surface area contributed by atoms with E-state index in [2.05, 4.69) is 4.98 Å². The minimum Gasteiger partial charge on any atom is -0.235 e. The third-order valence-corrected chi connectivity index (χ3v) is 4.55. The quantitative estimate of drug-likeness (QED) is 0.388. The molecule has 0 unspecified atom stereocenters. The van der Waals surface area contributed by atoms with Crippen LogP contribution < -0.4 is 0 Å². The zero-order valence-corrected chi connectivity index (χ0v) is 11.8. The highest BCUT2D eigenvalue weighted by Crippen LogP contribution is 2.31. The van der Waals surface area contributed by atoms with Crippen LogP contribution in [0.2, 0.25) is 5.15 Å². The SMILES string of the molecule is O=S(=O)(Cl)c1ccc2nc(Cl)c3ccccc3c2c1. The molecule has 0 bridgehead atoms. The standard InChI is InChI=1S/C13H7Cl2NO2S/c14-13-10-4-2-1-3-9(10)11-7-8(19(15,17)18)5-6-12(11)16-13/h1-7H. The molecule has 0 spiro atoms. The largest absolute Gasteiger partial charge is 0.261 e. The van der Waals surface area contributed by atoms with Gasteiger partial charge in [-0.3, -0.25) is 0 Å². The summed E-state index contributed by atoms with van der Waals surface area (Å²) in [7, 11) is 1.61. The van der Waals surface area contributed by atoms with E-state index >= 15 is 0 Å². The molecule has 0 fully saturated rings. The van der Waals surface area contributed by atoms with E-state index in [1.165, 1.54) is 12.1 Å². The monoisotopic (exact) mass is 311 g/mol. The van der Waals surface area contributed by atoms with E-state index < -0.39 is 9.05 Å². The maximum Gasteiger partial charge on any atom is 0.261 e. The summed E-state index contributed by atoms with van der Waals surface area (Å²) in [4.78, 5) is 4.31. The van der Waals surface area contributed by atoms with Crippen molar-refractivity contribution < 1.29 is 8.42 Å². The summed E-state index contributed by atoms with van der Waals surface area (Å²) >= 11 is 6.11. The molecule has 0 aliphatic heterocycles. The third-order valence-electron chi connectivity index (χ3n) is 2.91. The number of halogens is 2. The minimum atomic E-state index is -3.76. The van der Waals surface area contributed by atoms with Gasteiger partial charge in [-0.05, 0) is 23.6 Å². The molecule has 0 N–H and O–H groups in total. The van der Waals surface area contributed by atoms with Crippen LogP contribution in [0.3, 0.4) is 0 Å². The molecule has 0 aliphatic carbocycles. The fraction of sp³-hybridized carbons (Fsp3) is 0. The zero-order valence-electron chi connectivity index (χ0n) is 9.47. The van der Waals surface area contributed by atoms with Crippen LogP contribution in [0.1, 0.15) is 0 Å². The van der Waals surface area contributed by atoms with Crippen molar-refractivity contribution in [3.05, 3.63) is 47.6 Å². The van der Waals surface area contributed by atoms with Gasteiger partial charge in [-0.15, -0.1) is 0 Å². The number of hydrogen-bond acceptors (Lipinski definition) is 3. The number of pyridine rings is 1. The average Bonchev–Trinajstić information content (AvgIpc) is 2.37. The Hall–Kier alpha value is -1.36. The van der Waals surface area contributed by atoms with Gasteiger partial charge in [0.05, 0.1) is 10.4 Å². The molecule has 1 heterocycles. The number of hydrogen-bond donors (Lipinski definition) is 0. The van der Waals surface area contributed by atoms with Crippen LogP contribution in [0, 0.1) is 0 Å². The highest BCUT2D eigenvalue weighted by molar-refractivity contribution is 8.13. The number of benzene rings is 2. The van der Waals surface area contributed by atoms with Crippen molar-refractivity contribution in [2.75, 3.05) is 0 Å². The lowest BCUT2D eigenvalue weighted by atomic mass is 10.1. The van der Waals surface area contributed by atoms with Crippen molar-refractivity contribution in [2.24, 2.45) is 0 Å². The lowest BCUT2D eigenvalue weighted by Crippen LogP contribution is -1.92. The van der Waals surface area contributed by atoms with E-state index in [4.69, 9.17) is 22.3 Å². The highest BCUT2D eigenvalue weighted by atomic mass is 35.7. The Bertz CT molecular complexity index is 907. The Labute approximate surface area is 119 Å². The Balaban J connectivity index is 2.51. The first kappa shape index (κ1) is 12.7. The molecular formula is C13H7Cl2NO2S. The van der Waals surface area contributed by atoms with Gasteiger partial charge in [-0.1, -0.05) is 35.9 Å². The molecule has 6 heteroatoms. The van der Waals surface area contributed by atoms with Gasteiger partial charge in [0, 0.05) is 21.5 Å². The van der Waals surface area contributed by atoms with E-state index in [1.807, 2.05) is 24.3 Å². The van der Waals surface area contributed by atoms with Gasteiger partial charge < -0.3 is 0 Å². The fourth-order valence-electron chi connectivity index (χ4n) is 2.04. The van der Waals surface area contributed by atoms with Crippen molar-refractivity contribution >= 4 is 53.0 Å². The van der Waals surface area contributed by atoms with Crippen molar-refractivity contribution in [1.29, 1.82) is 0 Å². The molecule has 0 radical (unpaired) electrons. The van der Waals surface area contributed by atoms with Gasteiger partial charge in [0.1, 0.15) is 5.15 Å². The van der Waals surface area contributed by atoms with Crippen molar-refractivity contribution in [3.8, 4) is 0 Å². The smallest absolute Gasteiger partial charge is 0.235 e. The summed E-state index contributed by atoms with van der Waals surface area (Å²) in [6.07, 6.45) is 0. The first-order valence-corrected chi connectivity index (χ1v) is 8.08. The molecular weight excluding hydrogens is 305 g/mol. The van der Waals surface area contributed by atoms with Crippen LogP contribution in [-0.2, 0) is 9.05 Å². The summed E-state index contributed by atoms with van der Waals surface area (Å²) in [5, 5.41) is 2.73. The molecule has 0 saturated carbocycles. The van der Waals surface area contributed by atoms with E-state index in [1.54, 1.807) is 6.07 Å². The van der Waals surface area contributed by atoms with E-state index in [-0.39, 0.29) is 4.90 Å². The maximum absolute atomic E-state index is 11.4. The topological polar surface area (TPSA) is 47.0 Å². The molecule has 3 rings (SSSR count). The van der Waals surface area contributed by atoms with Gasteiger partial charge in [0.25, 0.3) is 9.05 Å². The molecule has 0 aliphatic rings. The minimum absolute atomic E-state index is 0.0518. The lowest BCUT2D eigenvalue weighted by Gasteiger charge is -2.06. The molecule has 0 amide bonds. The Morgan fingerprint density at radius 3 is 2.32 bits per heavy atom. The second-order valence-corrected chi connectivity index (χ2v) is 6.99. The van der Waals surface area contributed by atoms with E-state index in [9.17, 15) is 8.42 Å². The third kappa shape index (κ3) is 2.16. The normalized spacial score (nSPS) is 12.1. The lowest BCUT2D eigenvalue weighted by molar-refractivity contribution is 0.609. The summed E-state index contributed by atoms with van der Waals surface area (Å²) < 4.78 is 22.8. The van der Waals surface area contributed by atoms with Crippen LogP contribution in [0.5, 0.6) is 0 Å². The predicted molar refractivity (Wildman–Crippen MR) is 77.3 cm³/mol. The van der Waals surface area contributed by atoms with Gasteiger partial charge in [0.2, 0.25) is 0 Å². The number of nitrogens with zero attached hydrogens (tertiary/aromatic N) is 1. The van der Waals surface area contributed by atoms with Gasteiger partial charge in [-0.2, -0.15) is 0 Å². The molecule has 3 nitrogen and oxygen atoms in total. The second-order valence-electron chi connectivity index (χ2n) is 4.07.